The number of nitriles is 1. The number of nitrogens with one attached hydrogen (secondary N) is 1. The summed E-state index contributed by atoms with van der Waals surface area (Å²) < 4.78 is 25.8. The lowest BCUT2D eigenvalue weighted by atomic mass is 9.93. The van der Waals surface area contributed by atoms with Gasteiger partial charge < -0.3 is 10.4 Å². The second kappa shape index (κ2) is 8.10. The number of hydrogen-bond acceptors (Lipinski definition) is 5. The van der Waals surface area contributed by atoms with Crippen LogP contribution in [0.1, 0.15) is 34.1 Å². The number of hydrogen-bond donors (Lipinski definition) is 2. The van der Waals surface area contributed by atoms with Gasteiger partial charge in [0.1, 0.15) is 6.04 Å². The third kappa shape index (κ3) is 6.87. The quantitative estimate of drug-likeness (QED) is 0.619. The summed E-state index contributed by atoms with van der Waals surface area (Å²) in [6.07, 6.45) is 0.0349. The number of aliphatic carboxylic acids is 1. The molecule has 0 heterocycles. The molecule has 126 valence electrons. The first kappa shape index (κ1) is 20.3. The number of amides is 1. The van der Waals surface area contributed by atoms with Crippen molar-refractivity contribution in [1.82, 2.24) is 9.62 Å². The molecule has 0 aromatic rings. The van der Waals surface area contributed by atoms with E-state index in [1.54, 1.807) is 13.8 Å². The molecule has 0 aliphatic carbocycles. The number of nitrogens with zero attached hydrogens (tertiary/aromatic N) is 2. The Kier molecular flexibility index (Phi) is 7.49. The van der Waals surface area contributed by atoms with Crippen molar-refractivity contribution < 1.29 is 23.1 Å². The first-order valence-corrected chi connectivity index (χ1v) is 8.37. The molecule has 1 amide bonds. The molecule has 9 heteroatoms. The normalized spacial score (nSPS) is 13.5. The zero-order chi connectivity index (χ0) is 17.6. The summed E-state index contributed by atoms with van der Waals surface area (Å²) in [5.41, 5.74) is -0.794. The van der Waals surface area contributed by atoms with Crippen molar-refractivity contribution in [2.24, 2.45) is 5.41 Å². The molecule has 0 aliphatic heterocycles. The summed E-state index contributed by atoms with van der Waals surface area (Å²) in [4.78, 5) is 22.0. The highest BCUT2D eigenvalue weighted by Gasteiger charge is 2.35. The van der Waals surface area contributed by atoms with Crippen LogP contribution in [0.2, 0.25) is 0 Å². The number of carboxylic acids is 1. The standard InChI is InChI=1S/C13H23N3O5S/c1-10(12(18)19)16(8-7-15-11(2)17)22(20,21)9-13(3,4)5-6-14/h10H,5,7-9H2,1-4H3,(H,15,17)(H,18,19). The molecule has 0 fully saturated rings. The third-order valence-corrected chi connectivity index (χ3v) is 5.34. The average molecular weight is 333 g/mol. The van der Waals surface area contributed by atoms with Crippen molar-refractivity contribution in [3.63, 3.8) is 0 Å². The van der Waals surface area contributed by atoms with E-state index in [1.807, 2.05) is 6.07 Å². The average Bonchev–Trinajstić information content (AvgIpc) is 2.31. The van der Waals surface area contributed by atoms with Gasteiger partial charge in [0.25, 0.3) is 0 Å². The minimum Gasteiger partial charge on any atom is -0.480 e. The van der Waals surface area contributed by atoms with Crippen molar-refractivity contribution in [3.8, 4) is 6.07 Å². The van der Waals surface area contributed by atoms with Crippen LogP contribution >= 0.6 is 0 Å². The SMILES string of the molecule is CC(=O)NCCN(C(C)C(=O)O)S(=O)(=O)CC(C)(C)CC#N. The topological polar surface area (TPSA) is 128 Å². The van der Waals surface area contributed by atoms with Gasteiger partial charge in [0.2, 0.25) is 15.9 Å². The Labute approximate surface area is 131 Å². The first-order valence-electron chi connectivity index (χ1n) is 6.76. The molecule has 0 saturated heterocycles. The van der Waals surface area contributed by atoms with Gasteiger partial charge in [0.05, 0.1) is 11.8 Å². The van der Waals surface area contributed by atoms with E-state index in [0.29, 0.717) is 0 Å². The molecule has 0 rings (SSSR count). The van der Waals surface area contributed by atoms with Crippen LogP contribution in [0.3, 0.4) is 0 Å². The first-order chi connectivity index (χ1) is 9.93. The number of carbonyl (C=O) groups is 2. The van der Waals surface area contributed by atoms with Crippen LogP contribution < -0.4 is 5.32 Å². The monoisotopic (exact) mass is 333 g/mol. The molecule has 0 aliphatic rings. The Balaban J connectivity index is 5.25. The molecule has 0 saturated carbocycles. The van der Waals surface area contributed by atoms with Gasteiger partial charge in [-0.05, 0) is 12.3 Å². The Morgan fingerprint density at radius 1 is 1.41 bits per heavy atom. The Hall–Kier alpha value is -1.66. The Morgan fingerprint density at radius 2 is 1.95 bits per heavy atom. The molecule has 0 aromatic carbocycles. The minimum absolute atomic E-state index is 0.0187. The van der Waals surface area contributed by atoms with E-state index in [4.69, 9.17) is 10.4 Å². The van der Waals surface area contributed by atoms with E-state index in [9.17, 15) is 18.0 Å². The molecule has 0 spiro atoms. The summed E-state index contributed by atoms with van der Waals surface area (Å²) in [6, 6.07) is 0.670. The van der Waals surface area contributed by atoms with Crippen molar-refractivity contribution in [2.45, 2.75) is 40.2 Å². The molecule has 0 radical (unpaired) electrons. The maximum absolute atomic E-state index is 12.5. The second-order valence-electron chi connectivity index (χ2n) is 5.86. The van der Waals surface area contributed by atoms with E-state index in [2.05, 4.69) is 5.32 Å². The van der Waals surface area contributed by atoms with Gasteiger partial charge in [-0.3, -0.25) is 9.59 Å². The summed E-state index contributed by atoms with van der Waals surface area (Å²) in [6.45, 7) is 5.69. The van der Waals surface area contributed by atoms with Crippen molar-refractivity contribution in [1.29, 1.82) is 5.26 Å². The number of carbonyl (C=O) groups excluding carboxylic acids is 1. The van der Waals surface area contributed by atoms with E-state index < -0.39 is 27.4 Å². The van der Waals surface area contributed by atoms with Gasteiger partial charge >= 0.3 is 5.97 Å². The number of carboxylic acid groups (broad SMARTS) is 1. The molecule has 8 nitrogen and oxygen atoms in total. The fraction of sp³-hybridized carbons (Fsp3) is 0.769. The molecular formula is C13H23N3O5S. The van der Waals surface area contributed by atoms with Crippen LogP contribution in [0, 0.1) is 16.7 Å². The zero-order valence-electron chi connectivity index (χ0n) is 13.3. The van der Waals surface area contributed by atoms with Gasteiger partial charge in [-0.15, -0.1) is 0 Å². The fourth-order valence-corrected chi connectivity index (χ4v) is 4.08. The zero-order valence-corrected chi connectivity index (χ0v) is 14.1. The number of rotatable bonds is 9. The summed E-state index contributed by atoms with van der Waals surface area (Å²) in [5, 5.41) is 20.3. The third-order valence-electron chi connectivity index (χ3n) is 2.98. The van der Waals surface area contributed by atoms with E-state index in [1.165, 1.54) is 13.8 Å². The fourth-order valence-electron chi connectivity index (χ4n) is 1.88. The highest BCUT2D eigenvalue weighted by Crippen LogP contribution is 2.24. The lowest BCUT2D eigenvalue weighted by Crippen LogP contribution is -2.49. The van der Waals surface area contributed by atoms with E-state index >= 15 is 0 Å². The van der Waals surface area contributed by atoms with Crippen LogP contribution in [0.15, 0.2) is 0 Å². The van der Waals surface area contributed by atoms with Gasteiger partial charge in [0, 0.05) is 26.4 Å². The second-order valence-corrected chi connectivity index (χ2v) is 7.78. The predicted molar refractivity (Wildman–Crippen MR) is 80.3 cm³/mol. The van der Waals surface area contributed by atoms with Crippen molar-refractivity contribution in [3.05, 3.63) is 0 Å². The van der Waals surface area contributed by atoms with Crippen LogP contribution in [-0.4, -0.2) is 54.6 Å². The Morgan fingerprint density at radius 3 is 2.36 bits per heavy atom. The van der Waals surface area contributed by atoms with E-state index in [0.717, 1.165) is 4.31 Å². The van der Waals surface area contributed by atoms with Crippen LogP contribution in [0.5, 0.6) is 0 Å². The summed E-state index contributed by atoms with van der Waals surface area (Å²) >= 11 is 0. The summed E-state index contributed by atoms with van der Waals surface area (Å²) in [7, 11) is -3.89. The molecule has 22 heavy (non-hydrogen) atoms. The highest BCUT2D eigenvalue weighted by molar-refractivity contribution is 7.89. The number of sulfonamides is 1. The lowest BCUT2D eigenvalue weighted by molar-refractivity contribution is -0.140. The van der Waals surface area contributed by atoms with Crippen molar-refractivity contribution in [2.75, 3.05) is 18.8 Å². The largest absolute Gasteiger partial charge is 0.480 e. The highest BCUT2D eigenvalue weighted by atomic mass is 32.2. The minimum atomic E-state index is -3.89. The maximum Gasteiger partial charge on any atom is 0.321 e. The molecular weight excluding hydrogens is 310 g/mol. The maximum atomic E-state index is 12.5. The van der Waals surface area contributed by atoms with Crippen LogP contribution in [0.4, 0.5) is 0 Å². The molecule has 2 N–H and O–H groups in total. The smallest absolute Gasteiger partial charge is 0.321 e. The van der Waals surface area contributed by atoms with Gasteiger partial charge in [0.15, 0.2) is 0 Å². The lowest BCUT2D eigenvalue weighted by Gasteiger charge is -2.30. The van der Waals surface area contributed by atoms with Crippen LogP contribution in [0.25, 0.3) is 0 Å². The molecule has 1 unspecified atom stereocenters. The van der Waals surface area contributed by atoms with Gasteiger partial charge in [-0.2, -0.15) is 9.57 Å². The van der Waals surface area contributed by atoms with Gasteiger partial charge in [-0.1, -0.05) is 13.8 Å². The Bertz CT molecular complexity index is 551. The van der Waals surface area contributed by atoms with Gasteiger partial charge in [-0.25, -0.2) is 8.42 Å². The molecule has 1 atom stereocenters. The molecule has 0 bridgehead atoms. The van der Waals surface area contributed by atoms with Crippen LogP contribution in [-0.2, 0) is 19.6 Å². The predicted octanol–water partition coefficient (Wildman–Crippen LogP) is 0.167. The van der Waals surface area contributed by atoms with E-state index in [-0.39, 0.29) is 31.2 Å². The summed E-state index contributed by atoms with van der Waals surface area (Å²) in [5.74, 6) is -1.94. The van der Waals surface area contributed by atoms with Crippen molar-refractivity contribution >= 4 is 21.9 Å². The molecule has 0 aromatic heterocycles.